The van der Waals surface area contributed by atoms with Gasteiger partial charge in [-0.05, 0) is 12.3 Å². The molecule has 3 N–H and O–H groups in total. The first kappa shape index (κ1) is 7.03. The van der Waals surface area contributed by atoms with E-state index in [2.05, 4.69) is 5.43 Å². The summed E-state index contributed by atoms with van der Waals surface area (Å²) >= 11 is 0. The van der Waals surface area contributed by atoms with Crippen molar-refractivity contribution in [3.8, 4) is 0 Å². The van der Waals surface area contributed by atoms with Gasteiger partial charge in [-0.1, -0.05) is 25.7 Å². The molecule has 0 heterocycles. The molecule has 1 aliphatic carbocycles. The molecule has 9 heavy (non-hydrogen) atoms. The molecule has 1 fully saturated rings. The molecule has 0 aliphatic heterocycles. The van der Waals surface area contributed by atoms with E-state index in [-0.39, 0.29) is 0 Å². The lowest BCUT2D eigenvalue weighted by Gasteiger charge is -2.05. The van der Waals surface area contributed by atoms with E-state index >= 15 is 0 Å². The standard InChI is InChI=1S/C7H16N2/c8-9-6-5-7-3-1-2-4-7/h7,9H,1-6,8H2. The first-order valence-electron chi connectivity index (χ1n) is 3.87. The van der Waals surface area contributed by atoms with Crippen molar-refractivity contribution in [2.75, 3.05) is 6.54 Å². The fourth-order valence-corrected chi connectivity index (χ4v) is 1.59. The topological polar surface area (TPSA) is 38.0 Å². The van der Waals surface area contributed by atoms with E-state index in [0.29, 0.717) is 0 Å². The van der Waals surface area contributed by atoms with Crippen LogP contribution in [-0.2, 0) is 0 Å². The van der Waals surface area contributed by atoms with Crippen LogP contribution in [0.15, 0.2) is 0 Å². The summed E-state index contributed by atoms with van der Waals surface area (Å²) in [6, 6.07) is 0. The highest BCUT2D eigenvalue weighted by atomic mass is 15.2. The maximum atomic E-state index is 5.16. The normalized spacial score (nSPS) is 21.0. The van der Waals surface area contributed by atoms with E-state index in [1.165, 1.54) is 32.1 Å². The van der Waals surface area contributed by atoms with Crippen LogP contribution in [0.25, 0.3) is 0 Å². The number of nitrogens with one attached hydrogen (secondary N) is 1. The van der Waals surface area contributed by atoms with Gasteiger partial charge in [0.1, 0.15) is 0 Å². The molecule has 0 aromatic rings. The van der Waals surface area contributed by atoms with Gasteiger partial charge in [-0.25, -0.2) is 0 Å². The van der Waals surface area contributed by atoms with Gasteiger partial charge in [0.25, 0.3) is 0 Å². The fraction of sp³-hybridized carbons (Fsp3) is 1.00. The summed E-state index contributed by atoms with van der Waals surface area (Å²) in [6.07, 6.45) is 7.02. The van der Waals surface area contributed by atoms with Gasteiger partial charge in [0.15, 0.2) is 0 Å². The third kappa shape index (κ3) is 2.33. The zero-order valence-electron chi connectivity index (χ0n) is 5.90. The van der Waals surface area contributed by atoms with Crippen LogP contribution in [0.4, 0.5) is 0 Å². The van der Waals surface area contributed by atoms with Gasteiger partial charge in [0.05, 0.1) is 0 Å². The highest BCUT2D eigenvalue weighted by Gasteiger charge is 2.13. The number of hydrogen-bond donors (Lipinski definition) is 2. The van der Waals surface area contributed by atoms with Crippen LogP contribution < -0.4 is 11.3 Å². The van der Waals surface area contributed by atoms with Crippen molar-refractivity contribution in [1.29, 1.82) is 0 Å². The van der Waals surface area contributed by atoms with Crippen molar-refractivity contribution in [2.45, 2.75) is 32.1 Å². The third-order valence-corrected chi connectivity index (χ3v) is 2.17. The average molecular weight is 128 g/mol. The van der Waals surface area contributed by atoms with Gasteiger partial charge < -0.3 is 0 Å². The number of hydrogen-bond acceptors (Lipinski definition) is 2. The summed E-state index contributed by atoms with van der Waals surface area (Å²) in [7, 11) is 0. The van der Waals surface area contributed by atoms with E-state index in [0.717, 1.165) is 12.5 Å². The Kier molecular flexibility index (Phi) is 3.01. The molecule has 2 heteroatoms. The first-order chi connectivity index (χ1) is 4.43. The monoisotopic (exact) mass is 128 g/mol. The minimum absolute atomic E-state index is 0.973. The molecule has 0 saturated heterocycles. The molecule has 1 rings (SSSR count). The lowest BCUT2D eigenvalue weighted by molar-refractivity contribution is 0.482. The summed E-state index contributed by atoms with van der Waals surface area (Å²) in [5.41, 5.74) is 2.69. The van der Waals surface area contributed by atoms with Crippen molar-refractivity contribution >= 4 is 0 Å². The van der Waals surface area contributed by atoms with Gasteiger partial charge in [-0.3, -0.25) is 11.3 Å². The van der Waals surface area contributed by atoms with E-state index in [9.17, 15) is 0 Å². The van der Waals surface area contributed by atoms with E-state index < -0.39 is 0 Å². The molecule has 0 aromatic heterocycles. The molecule has 0 bridgehead atoms. The predicted molar refractivity (Wildman–Crippen MR) is 38.8 cm³/mol. The van der Waals surface area contributed by atoms with Gasteiger partial charge in [0, 0.05) is 6.54 Å². The van der Waals surface area contributed by atoms with Gasteiger partial charge in [-0.2, -0.15) is 0 Å². The van der Waals surface area contributed by atoms with Crippen molar-refractivity contribution in [2.24, 2.45) is 11.8 Å². The summed E-state index contributed by atoms with van der Waals surface area (Å²) < 4.78 is 0. The molecule has 2 nitrogen and oxygen atoms in total. The lowest BCUT2D eigenvalue weighted by Crippen LogP contribution is -2.24. The predicted octanol–water partition coefficient (Wildman–Crippen LogP) is 1.03. The molecular formula is C7H16N2. The van der Waals surface area contributed by atoms with E-state index in [4.69, 9.17) is 5.84 Å². The Hall–Kier alpha value is -0.0800. The molecule has 0 radical (unpaired) electrons. The molecule has 0 amide bonds. The molecule has 0 aromatic carbocycles. The Morgan fingerprint density at radius 2 is 2.00 bits per heavy atom. The van der Waals surface area contributed by atoms with E-state index in [1.807, 2.05) is 0 Å². The molecule has 1 aliphatic rings. The lowest BCUT2D eigenvalue weighted by atomic mass is 10.1. The van der Waals surface area contributed by atoms with Crippen LogP contribution in [0.5, 0.6) is 0 Å². The minimum atomic E-state index is 0.973. The van der Waals surface area contributed by atoms with Crippen LogP contribution in [0, 0.1) is 5.92 Å². The SMILES string of the molecule is NNCCC1CCCC1. The van der Waals surface area contributed by atoms with Crippen LogP contribution in [0.1, 0.15) is 32.1 Å². The molecule has 1 saturated carbocycles. The Bertz CT molecular complexity index is 67.3. The first-order valence-corrected chi connectivity index (χ1v) is 3.87. The van der Waals surface area contributed by atoms with Crippen molar-refractivity contribution in [3.05, 3.63) is 0 Å². The minimum Gasteiger partial charge on any atom is -0.271 e. The van der Waals surface area contributed by atoms with Gasteiger partial charge >= 0.3 is 0 Å². The van der Waals surface area contributed by atoms with E-state index in [1.54, 1.807) is 0 Å². The number of nitrogens with two attached hydrogens (primary N) is 1. The van der Waals surface area contributed by atoms with Gasteiger partial charge in [0.2, 0.25) is 0 Å². The van der Waals surface area contributed by atoms with Crippen molar-refractivity contribution in [3.63, 3.8) is 0 Å². The molecule has 0 unspecified atom stereocenters. The highest BCUT2D eigenvalue weighted by Crippen LogP contribution is 2.26. The summed E-state index contributed by atoms with van der Waals surface area (Å²) in [4.78, 5) is 0. The molecular weight excluding hydrogens is 112 g/mol. The van der Waals surface area contributed by atoms with Crippen molar-refractivity contribution < 1.29 is 0 Å². The van der Waals surface area contributed by atoms with Crippen LogP contribution in [0.2, 0.25) is 0 Å². The van der Waals surface area contributed by atoms with Crippen molar-refractivity contribution in [1.82, 2.24) is 5.43 Å². The van der Waals surface area contributed by atoms with Crippen LogP contribution in [-0.4, -0.2) is 6.54 Å². The van der Waals surface area contributed by atoms with Gasteiger partial charge in [-0.15, -0.1) is 0 Å². The Balaban J connectivity index is 1.98. The third-order valence-electron chi connectivity index (χ3n) is 2.17. The Labute approximate surface area is 56.8 Å². The molecule has 0 spiro atoms. The number of rotatable bonds is 3. The Morgan fingerprint density at radius 3 is 2.56 bits per heavy atom. The second-order valence-corrected chi connectivity index (χ2v) is 2.89. The maximum absolute atomic E-state index is 5.16. The zero-order valence-corrected chi connectivity index (χ0v) is 5.90. The van der Waals surface area contributed by atoms with Crippen LogP contribution >= 0.6 is 0 Å². The summed E-state index contributed by atoms with van der Waals surface area (Å²) in [5, 5.41) is 0. The van der Waals surface area contributed by atoms with Crippen LogP contribution in [0.3, 0.4) is 0 Å². The average Bonchev–Trinajstić information content (AvgIpc) is 2.34. The Morgan fingerprint density at radius 1 is 1.33 bits per heavy atom. The highest BCUT2D eigenvalue weighted by molar-refractivity contribution is 4.67. The second kappa shape index (κ2) is 3.85. The molecule has 0 atom stereocenters. The summed E-state index contributed by atoms with van der Waals surface area (Å²) in [6.45, 7) is 0.991. The smallest absolute Gasteiger partial charge is 0.01000 e. The largest absolute Gasteiger partial charge is 0.271 e. The quantitative estimate of drug-likeness (QED) is 0.440. The molecule has 54 valence electrons. The second-order valence-electron chi connectivity index (χ2n) is 2.89. The maximum Gasteiger partial charge on any atom is 0.01000 e. The number of hydrazine groups is 1. The summed E-state index contributed by atoms with van der Waals surface area (Å²) in [5.74, 6) is 6.13. The fourth-order valence-electron chi connectivity index (χ4n) is 1.59. The zero-order chi connectivity index (χ0) is 6.53.